The summed E-state index contributed by atoms with van der Waals surface area (Å²) in [6.45, 7) is 0.432. The van der Waals surface area contributed by atoms with Gasteiger partial charge >= 0.3 is 5.97 Å². The Bertz CT molecular complexity index is 451. The maximum atomic E-state index is 12.1. The molecule has 0 saturated heterocycles. The Morgan fingerprint density at radius 3 is 2.72 bits per heavy atom. The first-order chi connectivity index (χ1) is 8.60. The van der Waals surface area contributed by atoms with E-state index in [0.717, 1.165) is 12.8 Å². The molecule has 0 atom stereocenters. The van der Waals surface area contributed by atoms with E-state index >= 15 is 0 Å². The number of nitrogens with zero attached hydrogens (tertiary/aromatic N) is 1. The molecule has 0 radical (unpaired) electrons. The van der Waals surface area contributed by atoms with Gasteiger partial charge in [0.2, 0.25) is 0 Å². The third kappa shape index (κ3) is 3.10. The molecular formula is C12H16N2O4. The number of carboxylic acid groups (broad SMARTS) is 1. The number of hydrogen-bond donors (Lipinski definition) is 2. The van der Waals surface area contributed by atoms with E-state index in [4.69, 9.17) is 15.3 Å². The molecule has 3 N–H and O–H groups in total. The summed E-state index contributed by atoms with van der Waals surface area (Å²) >= 11 is 0. The quantitative estimate of drug-likeness (QED) is 0.775. The third-order valence-corrected chi connectivity index (χ3v) is 2.89. The Morgan fingerprint density at radius 1 is 1.50 bits per heavy atom. The first kappa shape index (κ1) is 12.6. The van der Waals surface area contributed by atoms with E-state index in [1.807, 2.05) is 0 Å². The number of hydrogen-bond acceptors (Lipinski definition) is 4. The Kier molecular flexibility index (Phi) is 3.66. The van der Waals surface area contributed by atoms with Crippen molar-refractivity contribution in [3.63, 3.8) is 0 Å². The number of carbonyl (C=O) groups is 2. The standard InChI is InChI=1S/C12H16N2O4/c13-4-10-3-9(7-18-10)12(17)14(6-11(15)16)5-8-1-2-8/h3,7-8H,1-2,4-6,13H2,(H,15,16). The summed E-state index contributed by atoms with van der Waals surface area (Å²) in [5.74, 6) is -0.367. The van der Waals surface area contributed by atoms with Gasteiger partial charge in [-0.2, -0.15) is 0 Å². The lowest BCUT2D eigenvalue weighted by atomic mass is 10.2. The molecule has 1 aliphatic rings. The first-order valence-electron chi connectivity index (χ1n) is 5.88. The van der Waals surface area contributed by atoms with Crippen LogP contribution < -0.4 is 5.73 Å². The summed E-state index contributed by atoms with van der Waals surface area (Å²) in [5, 5.41) is 8.83. The van der Waals surface area contributed by atoms with Crippen molar-refractivity contribution in [1.82, 2.24) is 4.90 Å². The maximum absolute atomic E-state index is 12.1. The molecule has 0 spiro atoms. The van der Waals surface area contributed by atoms with E-state index in [0.29, 0.717) is 23.8 Å². The highest BCUT2D eigenvalue weighted by molar-refractivity contribution is 5.95. The molecule has 0 unspecified atom stereocenters. The summed E-state index contributed by atoms with van der Waals surface area (Å²) in [4.78, 5) is 24.3. The number of carboxylic acids is 1. The second kappa shape index (κ2) is 5.22. The minimum atomic E-state index is -1.01. The van der Waals surface area contributed by atoms with Gasteiger partial charge in [-0.3, -0.25) is 9.59 Å². The minimum absolute atomic E-state index is 0.217. The van der Waals surface area contributed by atoms with Gasteiger partial charge in [0, 0.05) is 6.54 Å². The molecule has 1 aliphatic carbocycles. The summed E-state index contributed by atoms with van der Waals surface area (Å²) < 4.78 is 5.09. The number of rotatable bonds is 6. The second-order valence-corrected chi connectivity index (χ2v) is 4.53. The van der Waals surface area contributed by atoms with Crippen LogP contribution in [-0.2, 0) is 11.3 Å². The first-order valence-corrected chi connectivity index (χ1v) is 5.88. The number of furan rings is 1. The topological polar surface area (TPSA) is 96.8 Å². The zero-order valence-electron chi connectivity index (χ0n) is 9.96. The van der Waals surface area contributed by atoms with Gasteiger partial charge in [0.25, 0.3) is 5.91 Å². The summed E-state index contributed by atoms with van der Waals surface area (Å²) in [6, 6.07) is 1.56. The van der Waals surface area contributed by atoms with Gasteiger partial charge in [-0.1, -0.05) is 0 Å². The zero-order valence-corrected chi connectivity index (χ0v) is 9.96. The molecule has 0 bridgehead atoms. The molecule has 1 saturated carbocycles. The highest BCUT2D eigenvalue weighted by atomic mass is 16.4. The predicted octanol–water partition coefficient (Wildman–Crippen LogP) is 0.675. The lowest BCUT2D eigenvalue weighted by Crippen LogP contribution is -2.37. The van der Waals surface area contributed by atoms with Gasteiger partial charge in [-0.25, -0.2) is 0 Å². The summed E-state index contributed by atoms with van der Waals surface area (Å²) in [7, 11) is 0. The van der Waals surface area contributed by atoms with Crippen molar-refractivity contribution in [1.29, 1.82) is 0 Å². The Morgan fingerprint density at radius 2 is 2.22 bits per heavy atom. The van der Waals surface area contributed by atoms with E-state index in [-0.39, 0.29) is 19.0 Å². The molecule has 0 aliphatic heterocycles. The van der Waals surface area contributed by atoms with Gasteiger partial charge in [0.1, 0.15) is 18.6 Å². The smallest absolute Gasteiger partial charge is 0.323 e. The Balaban J connectivity index is 2.07. The fourth-order valence-electron chi connectivity index (χ4n) is 1.78. The van der Waals surface area contributed by atoms with Gasteiger partial charge in [-0.15, -0.1) is 0 Å². The van der Waals surface area contributed by atoms with Crippen molar-refractivity contribution in [3.8, 4) is 0 Å². The van der Waals surface area contributed by atoms with E-state index in [1.165, 1.54) is 11.2 Å². The third-order valence-electron chi connectivity index (χ3n) is 2.89. The molecule has 1 amide bonds. The number of aliphatic carboxylic acids is 1. The van der Waals surface area contributed by atoms with Crippen LogP contribution in [-0.4, -0.2) is 35.0 Å². The molecule has 6 heteroatoms. The Labute approximate surface area is 104 Å². The molecule has 2 rings (SSSR count). The van der Waals surface area contributed by atoms with Crippen LogP contribution in [0.1, 0.15) is 29.0 Å². The van der Waals surface area contributed by atoms with Crippen LogP contribution >= 0.6 is 0 Å². The molecular weight excluding hydrogens is 236 g/mol. The van der Waals surface area contributed by atoms with Crippen LogP contribution in [0.4, 0.5) is 0 Å². The average Bonchev–Trinajstić information content (AvgIpc) is 3.01. The molecule has 1 fully saturated rings. The number of carbonyl (C=O) groups excluding carboxylic acids is 1. The van der Waals surface area contributed by atoms with Gasteiger partial charge < -0.3 is 20.2 Å². The van der Waals surface area contributed by atoms with E-state index < -0.39 is 5.97 Å². The Hall–Kier alpha value is -1.82. The fourth-order valence-corrected chi connectivity index (χ4v) is 1.78. The second-order valence-electron chi connectivity index (χ2n) is 4.53. The summed E-state index contributed by atoms with van der Waals surface area (Å²) in [6.07, 6.45) is 3.44. The molecule has 6 nitrogen and oxygen atoms in total. The lowest BCUT2D eigenvalue weighted by molar-refractivity contribution is -0.137. The maximum Gasteiger partial charge on any atom is 0.323 e. The number of nitrogens with two attached hydrogens (primary N) is 1. The van der Waals surface area contributed by atoms with Crippen molar-refractivity contribution in [3.05, 3.63) is 23.7 Å². The number of amides is 1. The normalized spacial score (nSPS) is 14.5. The van der Waals surface area contributed by atoms with Gasteiger partial charge in [0.05, 0.1) is 12.1 Å². The van der Waals surface area contributed by atoms with Crippen molar-refractivity contribution >= 4 is 11.9 Å². The monoisotopic (exact) mass is 252 g/mol. The van der Waals surface area contributed by atoms with Crippen molar-refractivity contribution in [2.45, 2.75) is 19.4 Å². The van der Waals surface area contributed by atoms with Crippen LogP contribution in [0.15, 0.2) is 16.7 Å². The van der Waals surface area contributed by atoms with Gasteiger partial charge in [0.15, 0.2) is 0 Å². The highest BCUT2D eigenvalue weighted by Crippen LogP contribution is 2.30. The van der Waals surface area contributed by atoms with Crippen molar-refractivity contribution < 1.29 is 19.1 Å². The van der Waals surface area contributed by atoms with Crippen LogP contribution in [0.5, 0.6) is 0 Å². The minimum Gasteiger partial charge on any atom is -0.480 e. The molecule has 0 aromatic carbocycles. The van der Waals surface area contributed by atoms with Crippen molar-refractivity contribution in [2.24, 2.45) is 11.7 Å². The molecule has 18 heavy (non-hydrogen) atoms. The van der Waals surface area contributed by atoms with E-state index in [9.17, 15) is 9.59 Å². The van der Waals surface area contributed by atoms with Crippen molar-refractivity contribution in [2.75, 3.05) is 13.1 Å². The van der Waals surface area contributed by atoms with Crippen LogP contribution in [0.25, 0.3) is 0 Å². The van der Waals surface area contributed by atoms with Crippen LogP contribution in [0, 0.1) is 5.92 Å². The fraction of sp³-hybridized carbons (Fsp3) is 0.500. The van der Waals surface area contributed by atoms with Gasteiger partial charge in [-0.05, 0) is 24.8 Å². The average molecular weight is 252 g/mol. The molecule has 1 aromatic rings. The lowest BCUT2D eigenvalue weighted by Gasteiger charge is -2.19. The highest BCUT2D eigenvalue weighted by Gasteiger charge is 2.29. The SMILES string of the molecule is NCc1cc(C(=O)N(CC(=O)O)CC2CC2)co1. The zero-order chi connectivity index (χ0) is 13.1. The van der Waals surface area contributed by atoms with Crippen LogP contribution in [0.3, 0.4) is 0 Å². The van der Waals surface area contributed by atoms with Crippen LogP contribution in [0.2, 0.25) is 0 Å². The summed E-state index contributed by atoms with van der Waals surface area (Å²) in [5.41, 5.74) is 5.76. The molecule has 98 valence electrons. The molecule has 1 aromatic heterocycles. The predicted molar refractivity (Wildman–Crippen MR) is 62.9 cm³/mol. The van der Waals surface area contributed by atoms with E-state index in [2.05, 4.69) is 0 Å². The molecule has 1 heterocycles. The van der Waals surface area contributed by atoms with E-state index in [1.54, 1.807) is 6.07 Å². The largest absolute Gasteiger partial charge is 0.480 e.